The number of benzene rings is 1. The number of anilines is 1. The fourth-order valence-corrected chi connectivity index (χ4v) is 2.22. The maximum absolute atomic E-state index is 11.7. The summed E-state index contributed by atoms with van der Waals surface area (Å²) < 4.78 is 5.33. The van der Waals surface area contributed by atoms with Crippen LogP contribution in [0.1, 0.15) is 5.56 Å². The standard InChI is InChI=1S/C14H13Cl2N3O2/c15-11-5-10(17)6-12(16)14(11)21-8-13(20)19-7-9-1-3-18-4-2-9/h1-6H,7-8,17H2,(H,19,20). The van der Waals surface area contributed by atoms with Crippen molar-refractivity contribution in [3.63, 3.8) is 0 Å². The average Bonchev–Trinajstić information content (AvgIpc) is 2.45. The Balaban J connectivity index is 1.87. The van der Waals surface area contributed by atoms with Crippen LogP contribution in [0.2, 0.25) is 10.0 Å². The highest BCUT2D eigenvalue weighted by molar-refractivity contribution is 6.37. The van der Waals surface area contributed by atoms with Crippen molar-refractivity contribution in [1.82, 2.24) is 10.3 Å². The third-order valence-corrected chi connectivity index (χ3v) is 3.17. The lowest BCUT2D eigenvalue weighted by Gasteiger charge is -2.11. The Morgan fingerprint density at radius 1 is 1.24 bits per heavy atom. The van der Waals surface area contributed by atoms with E-state index < -0.39 is 0 Å². The summed E-state index contributed by atoms with van der Waals surface area (Å²) >= 11 is 11.9. The number of nitrogens with zero attached hydrogens (tertiary/aromatic N) is 1. The quantitative estimate of drug-likeness (QED) is 0.828. The normalized spacial score (nSPS) is 10.2. The summed E-state index contributed by atoms with van der Waals surface area (Å²) in [6.45, 7) is 0.211. The highest BCUT2D eigenvalue weighted by Gasteiger charge is 2.11. The van der Waals surface area contributed by atoms with Gasteiger partial charge in [0.15, 0.2) is 12.4 Å². The minimum Gasteiger partial charge on any atom is -0.481 e. The molecule has 0 fully saturated rings. The maximum atomic E-state index is 11.7. The molecule has 0 radical (unpaired) electrons. The van der Waals surface area contributed by atoms with Gasteiger partial charge in [0.05, 0.1) is 10.0 Å². The molecule has 1 aromatic carbocycles. The van der Waals surface area contributed by atoms with E-state index in [1.807, 2.05) is 12.1 Å². The third kappa shape index (κ3) is 4.51. The molecule has 2 rings (SSSR count). The third-order valence-electron chi connectivity index (χ3n) is 2.61. The Morgan fingerprint density at radius 2 is 1.86 bits per heavy atom. The van der Waals surface area contributed by atoms with Crippen LogP contribution >= 0.6 is 23.2 Å². The van der Waals surface area contributed by atoms with Crippen LogP contribution < -0.4 is 15.8 Å². The van der Waals surface area contributed by atoms with Crippen molar-refractivity contribution >= 4 is 34.8 Å². The first-order chi connectivity index (χ1) is 10.1. The first-order valence-corrected chi connectivity index (χ1v) is 6.85. The molecule has 3 N–H and O–H groups in total. The summed E-state index contributed by atoms with van der Waals surface area (Å²) in [5.74, 6) is -0.0395. The number of pyridine rings is 1. The van der Waals surface area contributed by atoms with Crippen molar-refractivity contribution < 1.29 is 9.53 Å². The lowest BCUT2D eigenvalue weighted by Crippen LogP contribution is -2.28. The van der Waals surface area contributed by atoms with E-state index in [-0.39, 0.29) is 28.3 Å². The van der Waals surface area contributed by atoms with E-state index in [0.717, 1.165) is 5.56 Å². The summed E-state index contributed by atoms with van der Waals surface area (Å²) in [6.07, 6.45) is 3.32. The van der Waals surface area contributed by atoms with Crippen LogP contribution in [0.5, 0.6) is 5.75 Å². The van der Waals surface area contributed by atoms with Crippen molar-refractivity contribution in [3.8, 4) is 5.75 Å². The predicted octanol–water partition coefficient (Wildman–Crippen LogP) is 2.67. The molecule has 0 saturated heterocycles. The van der Waals surface area contributed by atoms with Gasteiger partial charge >= 0.3 is 0 Å². The zero-order valence-corrected chi connectivity index (χ0v) is 12.5. The van der Waals surface area contributed by atoms with Gasteiger partial charge in [-0.2, -0.15) is 0 Å². The number of aromatic nitrogens is 1. The monoisotopic (exact) mass is 325 g/mol. The number of halogens is 2. The number of hydrogen-bond donors (Lipinski definition) is 2. The second-order valence-electron chi connectivity index (χ2n) is 4.23. The first kappa shape index (κ1) is 15.4. The van der Waals surface area contributed by atoms with Gasteiger partial charge < -0.3 is 15.8 Å². The molecular weight excluding hydrogens is 313 g/mol. The molecule has 0 atom stereocenters. The lowest BCUT2D eigenvalue weighted by atomic mass is 10.3. The van der Waals surface area contributed by atoms with E-state index in [4.69, 9.17) is 33.7 Å². The van der Waals surface area contributed by atoms with Crippen LogP contribution in [-0.4, -0.2) is 17.5 Å². The molecule has 2 aromatic rings. The van der Waals surface area contributed by atoms with Crippen molar-refractivity contribution in [2.75, 3.05) is 12.3 Å². The van der Waals surface area contributed by atoms with E-state index in [0.29, 0.717) is 12.2 Å². The molecule has 21 heavy (non-hydrogen) atoms. The molecule has 7 heteroatoms. The van der Waals surface area contributed by atoms with Gasteiger partial charge in [0.1, 0.15) is 0 Å². The fourth-order valence-electron chi connectivity index (χ4n) is 1.61. The van der Waals surface area contributed by atoms with Gasteiger partial charge in [0.2, 0.25) is 0 Å². The highest BCUT2D eigenvalue weighted by atomic mass is 35.5. The number of ether oxygens (including phenoxy) is 1. The summed E-state index contributed by atoms with van der Waals surface area (Å²) in [7, 11) is 0. The van der Waals surface area contributed by atoms with E-state index in [1.165, 1.54) is 12.1 Å². The largest absolute Gasteiger partial charge is 0.481 e. The van der Waals surface area contributed by atoms with Crippen molar-refractivity contribution in [3.05, 3.63) is 52.3 Å². The second-order valence-corrected chi connectivity index (χ2v) is 5.05. The van der Waals surface area contributed by atoms with Gasteiger partial charge in [-0.05, 0) is 29.8 Å². The highest BCUT2D eigenvalue weighted by Crippen LogP contribution is 2.34. The number of nitrogen functional groups attached to an aromatic ring is 1. The molecule has 0 saturated carbocycles. The van der Waals surface area contributed by atoms with Gasteiger partial charge in [-0.1, -0.05) is 23.2 Å². The number of hydrogen-bond acceptors (Lipinski definition) is 4. The smallest absolute Gasteiger partial charge is 0.258 e. The molecule has 5 nitrogen and oxygen atoms in total. The molecule has 0 spiro atoms. The van der Waals surface area contributed by atoms with Crippen LogP contribution in [0, 0.1) is 0 Å². The number of nitrogens with two attached hydrogens (primary N) is 1. The number of carbonyl (C=O) groups excluding carboxylic acids is 1. The van der Waals surface area contributed by atoms with E-state index in [2.05, 4.69) is 10.3 Å². The van der Waals surface area contributed by atoms with Crippen LogP contribution in [0.25, 0.3) is 0 Å². The zero-order valence-electron chi connectivity index (χ0n) is 11.0. The first-order valence-electron chi connectivity index (χ1n) is 6.09. The summed E-state index contributed by atoms with van der Waals surface area (Å²) in [5.41, 5.74) is 6.96. The lowest BCUT2D eigenvalue weighted by molar-refractivity contribution is -0.123. The van der Waals surface area contributed by atoms with Crippen LogP contribution in [0.3, 0.4) is 0 Å². The van der Waals surface area contributed by atoms with E-state index in [9.17, 15) is 4.79 Å². The topological polar surface area (TPSA) is 77.2 Å². The molecule has 1 aromatic heterocycles. The van der Waals surface area contributed by atoms with Crippen LogP contribution in [0.15, 0.2) is 36.7 Å². The Morgan fingerprint density at radius 3 is 2.48 bits per heavy atom. The molecule has 0 bridgehead atoms. The van der Waals surface area contributed by atoms with Crippen molar-refractivity contribution in [1.29, 1.82) is 0 Å². The number of carbonyl (C=O) groups is 1. The SMILES string of the molecule is Nc1cc(Cl)c(OCC(=O)NCc2ccncc2)c(Cl)c1. The molecule has 0 unspecified atom stereocenters. The molecular formula is C14H13Cl2N3O2. The molecule has 1 heterocycles. The molecule has 0 aliphatic rings. The Hall–Kier alpha value is -1.98. The van der Waals surface area contributed by atoms with Crippen molar-refractivity contribution in [2.24, 2.45) is 0 Å². The summed E-state index contributed by atoms with van der Waals surface area (Å²) in [4.78, 5) is 15.6. The maximum Gasteiger partial charge on any atom is 0.258 e. The van der Waals surface area contributed by atoms with Gasteiger partial charge in [0, 0.05) is 24.6 Å². The van der Waals surface area contributed by atoms with Gasteiger partial charge in [-0.3, -0.25) is 9.78 Å². The fraction of sp³-hybridized carbons (Fsp3) is 0.143. The van der Waals surface area contributed by atoms with Crippen LogP contribution in [0.4, 0.5) is 5.69 Å². The minimum absolute atomic E-state index is 0.186. The average molecular weight is 326 g/mol. The Labute approximate surface area is 132 Å². The molecule has 1 amide bonds. The number of nitrogens with one attached hydrogen (secondary N) is 1. The summed E-state index contributed by atoms with van der Waals surface area (Å²) in [5, 5.41) is 3.25. The van der Waals surface area contributed by atoms with Gasteiger partial charge in [0.25, 0.3) is 5.91 Å². The predicted molar refractivity (Wildman–Crippen MR) is 82.5 cm³/mol. The van der Waals surface area contributed by atoms with Gasteiger partial charge in [-0.15, -0.1) is 0 Å². The number of rotatable bonds is 5. The van der Waals surface area contributed by atoms with E-state index >= 15 is 0 Å². The number of amides is 1. The molecule has 0 aliphatic carbocycles. The molecule has 0 aliphatic heterocycles. The van der Waals surface area contributed by atoms with Crippen molar-refractivity contribution in [2.45, 2.75) is 6.54 Å². The minimum atomic E-state index is -0.282. The molecule has 110 valence electrons. The Kier molecular flexibility index (Phi) is 5.25. The van der Waals surface area contributed by atoms with Crippen LogP contribution in [-0.2, 0) is 11.3 Å². The zero-order chi connectivity index (χ0) is 15.2. The summed E-state index contributed by atoms with van der Waals surface area (Å²) in [6, 6.07) is 6.65. The van der Waals surface area contributed by atoms with Gasteiger partial charge in [-0.25, -0.2) is 0 Å². The second kappa shape index (κ2) is 7.15. The van der Waals surface area contributed by atoms with E-state index in [1.54, 1.807) is 12.4 Å². The Bertz CT molecular complexity index is 612.